The van der Waals surface area contributed by atoms with Crippen LogP contribution in [0.4, 0.5) is 10.1 Å². The van der Waals surface area contributed by atoms with Crippen molar-refractivity contribution >= 4 is 11.6 Å². The van der Waals surface area contributed by atoms with E-state index < -0.39 is 11.7 Å². The summed E-state index contributed by atoms with van der Waals surface area (Å²) in [5.74, 6) is -1.99. The predicted octanol–water partition coefficient (Wildman–Crippen LogP) is 2.36. The molecule has 0 atom stereocenters. The van der Waals surface area contributed by atoms with Gasteiger partial charge >= 0.3 is 0 Å². The molecule has 0 aromatic heterocycles. The van der Waals surface area contributed by atoms with Crippen LogP contribution in [0, 0.1) is 17.1 Å². The lowest BCUT2D eigenvalue weighted by Gasteiger charge is -2.08. The van der Waals surface area contributed by atoms with Gasteiger partial charge in [0, 0.05) is 11.6 Å². The summed E-state index contributed by atoms with van der Waals surface area (Å²) in [6, 6.07) is 8.84. The lowest BCUT2D eigenvalue weighted by molar-refractivity contribution is 0.102. The Kier molecular flexibility index (Phi) is 3.53. The van der Waals surface area contributed by atoms with Gasteiger partial charge in [0.25, 0.3) is 5.91 Å². The third-order valence-electron chi connectivity index (χ3n) is 2.54. The second-order valence-electron chi connectivity index (χ2n) is 3.97. The van der Waals surface area contributed by atoms with E-state index in [9.17, 15) is 19.4 Å². The molecule has 20 heavy (non-hydrogen) atoms. The van der Waals surface area contributed by atoms with Gasteiger partial charge in [-0.1, -0.05) is 6.07 Å². The van der Waals surface area contributed by atoms with Gasteiger partial charge in [-0.3, -0.25) is 4.79 Å². The number of halogens is 1. The van der Waals surface area contributed by atoms with Crippen LogP contribution in [0.1, 0.15) is 15.9 Å². The molecule has 0 aliphatic heterocycles. The molecule has 2 aromatic rings. The first-order valence-corrected chi connectivity index (χ1v) is 5.54. The minimum absolute atomic E-state index is 0.0142. The summed E-state index contributed by atoms with van der Waals surface area (Å²) >= 11 is 0. The molecular weight excluding hydrogens is 263 g/mol. The van der Waals surface area contributed by atoms with Crippen molar-refractivity contribution in [1.29, 1.82) is 5.26 Å². The van der Waals surface area contributed by atoms with E-state index in [0.29, 0.717) is 0 Å². The highest BCUT2D eigenvalue weighted by atomic mass is 19.1. The summed E-state index contributed by atoms with van der Waals surface area (Å²) in [4.78, 5) is 11.9. The van der Waals surface area contributed by atoms with Gasteiger partial charge in [0.05, 0.1) is 5.69 Å². The van der Waals surface area contributed by atoms with Crippen molar-refractivity contribution in [2.24, 2.45) is 0 Å². The molecule has 1 amide bonds. The molecule has 0 saturated heterocycles. The number of nitriles is 1. The predicted molar refractivity (Wildman–Crippen MR) is 68.8 cm³/mol. The van der Waals surface area contributed by atoms with Crippen LogP contribution in [0.25, 0.3) is 0 Å². The smallest absolute Gasteiger partial charge is 0.255 e. The number of hydrogen-bond acceptors (Lipinski definition) is 4. The molecule has 0 unspecified atom stereocenters. The molecule has 6 heteroatoms. The Labute approximate surface area is 113 Å². The zero-order valence-electron chi connectivity index (χ0n) is 10.1. The fourth-order valence-corrected chi connectivity index (χ4v) is 1.66. The second kappa shape index (κ2) is 5.28. The van der Waals surface area contributed by atoms with Gasteiger partial charge in [0.15, 0.2) is 0 Å². The molecule has 0 fully saturated rings. The Morgan fingerprint density at radius 2 is 1.85 bits per heavy atom. The number of aromatic hydroxyl groups is 2. The molecule has 0 heterocycles. The Morgan fingerprint density at radius 1 is 1.20 bits per heavy atom. The number of hydrogen-bond donors (Lipinski definition) is 3. The zero-order chi connectivity index (χ0) is 14.7. The van der Waals surface area contributed by atoms with Crippen LogP contribution in [0.15, 0.2) is 36.4 Å². The monoisotopic (exact) mass is 272 g/mol. The standard InChI is InChI=1S/C14H9FN2O3/c15-12-2-1-3-13(11(12)7-16)17-14(20)8-4-9(18)6-10(19)5-8/h1-6,18-19H,(H,17,20). The van der Waals surface area contributed by atoms with Gasteiger partial charge in [-0.05, 0) is 24.3 Å². The Morgan fingerprint density at radius 3 is 2.45 bits per heavy atom. The van der Waals surface area contributed by atoms with Crippen molar-refractivity contribution in [3.8, 4) is 17.6 Å². The van der Waals surface area contributed by atoms with Crippen LogP contribution in [0.3, 0.4) is 0 Å². The van der Waals surface area contributed by atoms with Crippen molar-refractivity contribution in [2.45, 2.75) is 0 Å². The van der Waals surface area contributed by atoms with Gasteiger partial charge in [0.2, 0.25) is 0 Å². The van der Waals surface area contributed by atoms with Crippen LogP contribution in [-0.4, -0.2) is 16.1 Å². The second-order valence-corrected chi connectivity index (χ2v) is 3.97. The number of nitrogens with one attached hydrogen (secondary N) is 1. The van der Waals surface area contributed by atoms with Crippen molar-refractivity contribution in [2.75, 3.05) is 5.32 Å². The number of carbonyl (C=O) groups excluding carboxylic acids is 1. The largest absolute Gasteiger partial charge is 0.508 e. The van der Waals surface area contributed by atoms with Crippen LogP contribution >= 0.6 is 0 Å². The summed E-state index contributed by atoms with van der Waals surface area (Å²) in [6.45, 7) is 0. The van der Waals surface area contributed by atoms with Crippen molar-refractivity contribution < 1.29 is 19.4 Å². The maximum atomic E-state index is 13.4. The Bertz CT molecular complexity index is 703. The molecule has 5 nitrogen and oxygen atoms in total. The SMILES string of the molecule is N#Cc1c(F)cccc1NC(=O)c1cc(O)cc(O)c1. The first-order valence-electron chi connectivity index (χ1n) is 5.54. The lowest BCUT2D eigenvalue weighted by Crippen LogP contribution is -2.13. The van der Waals surface area contributed by atoms with E-state index in [1.54, 1.807) is 6.07 Å². The normalized spacial score (nSPS) is 9.80. The number of anilines is 1. The van der Waals surface area contributed by atoms with Crippen molar-refractivity contribution in [1.82, 2.24) is 0 Å². The summed E-state index contributed by atoms with van der Waals surface area (Å²) in [7, 11) is 0. The average Bonchev–Trinajstić information content (AvgIpc) is 2.37. The van der Waals surface area contributed by atoms with E-state index in [-0.39, 0.29) is 28.3 Å². The number of amides is 1. The highest BCUT2D eigenvalue weighted by Gasteiger charge is 2.13. The van der Waals surface area contributed by atoms with E-state index in [2.05, 4.69) is 5.32 Å². The molecule has 100 valence electrons. The molecular formula is C14H9FN2O3. The number of benzene rings is 2. The fourth-order valence-electron chi connectivity index (χ4n) is 1.66. The number of rotatable bonds is 2. The molecule has 0 aliphatic carbocycles. The van der Waals surface area contributed by atoms with E-state index in [1.807, 2.05) is 0 Å². The fraction of sp³-hybridized carbons (Fsp3) is 0. The van der Waals surface area contributed by atoms with Gasteiger partial charge in [-0.2, -0.15) is 5.26 Å². The van der Waals surface area contributed by atoms with Crippen LogP contribution in [0.2, 0.25) is 0 Å². The van der Waals surface area contributed by atoms with Gasteiger partial charge in [-0.25, -0.2) is 4.39 Å². The third kappa shape index (κ3) is 2.67. The number of phenols is 2. The molecule has 2 aromatic carbocycles. The highest BCUT2D eigenvalue weighted by Crippen LogP contribution is 2.23. The minimum atomic E-state index is -0.746. The zero-order valence-corrected chi connectivity index (χ0v) is 10.1. The van der Waals surface area contributed by atoms with E-state index in [1.165, 1.54) is 12.1 Å². The maximum Gasteiger partial charge on any atom is 0.255 e. The van der Waals surface area contributed by atoms with Crippen molar-refractivity contribution in [3.63, 3.8) is 0 Å². The minimum Gasteiger partial charge on any atom is -0.508 e. The van der Waals surface area contributed by atoms with Crippen LogP contribution in [-0.2, 0) is 0 Å². The molecule has 3 N–H and O–H groups in total. The Hall–Kier alpha value is -3.07. The molecule has 0 radical (unpaired) electrons. The number of phenolic OH excluding ortho intramolecular Hbond substituents is 2. The quantitative estimate of drug-likeness (QED) is 0.782. The maximum absolute atomic E-state index is 13.4. The van der Waals surface area contributed by atoms with E-state index >= 15 is 0 Å². The van der Waals surface area contributed by atoms with E-state index in [4.69, 9.17) is 5.26 Å². The van der Waals surface area contributed by atoms with E-state index in [0.717, 1.165) is 24.3 Å². The average molecular weight is 272 g/mol. The third-order valence-corrected chi connectivity index (χ3v) is 2.54. The van der Waals surface area contributed by atoms with Gasteiger partial charge < -0.3 is 15.5 Å². The molecule has 0 spiro atoms. The summed E-state index contributed by atoms with van der Waals surface area (Å²) in [5, 5.41) is 29.8. The number of carbonyl (C=O) groups is 1. The topological polar surface area (TPSA) is 93.4 Å². The summed E-state index contributed by atoms with van der Waals surface area (Å²) in [5.41, 5.74) is -0.291. The first-order chi connectivity index (χ1) is 9.51. The lowest BCUT2D eigenvalue weighted by atomic mass is 10.1. The molecule has 2 rings (SSSR count). The first kappa shape index (κ1) is 13.4. The molecule has 0 bridgehead atoms. The van der Waals surface area contributed by atoms with Crippen LogP contribution in [0.5, 0.6) is 11.5 Å². The number of nitrogens with zero attached hydrogens (tertiary/aromatic N) is 1. The summed E-state index contributed by atoms with van der Waals surface area (Å²) in [6.07, 6.45) is 0. The highest BCUT2D eigenvalue weighted by molar-refractivity contribution is 6.05. The molecule has 0 aliphatic rings. The van der Waals surface area contributed by atoms with Gasteiger partial charge in [0.1, 0.15) is 28.9 Å². The van der Waals surface area contributed by atoms with Crippen LogP contribution < -0.4 is 5.32 Å². The molecule has 0 saturated carbocycles. The van der Waals surface area contributed by atoms with Crippen molar-refractivity contribution in [3.05, 3.63) is 53.3 Å². The van der Waals surface area contributed by atoms with Gasteiger partial charge in [-0.15, -0.1) is 0 Å². The Balaban J connectivity index is 2.33. The summed E-state index contributed by atoms with van der Waals surface area (Å²) < 4.78 is 13.4.